The van der Waals surface area contributed by atoms with Gasteiger partial charge >= 0.3 is 0 Å². The highest BCUT2D eigenvalue weighted by Gasteiger charge is 2.18. The summed E-state index contributed by atoms with van der Waals surface area (Å²) in [5.74, 6) is 0.939. The maximum Gasteiger partial charge on any atom is 0.176 e. The van der Waals surface area contributed by atoms with Crippen LogP contribution >= 0.6 is 23.8 Å². The fourth-order valence-electron chi connectivity index (χ4n) is 3.04. The standard InChI is InChI=1S/C17H21ClN4S/c1-12-14(18)8-5-9-15(12)20-17(23)21-16-10-11-19-22(16)13-6-3-2-4-7-13/h5,8-11,13H,2-4,6-7H2,1H3,(H2,20,21,23). The van der Waals surface area contributed by atoms with Crippen LogP contribution in [0.2, 0.25) is 5.02 Å². The van der Waals surface area contributed by atoms with E-state index in [9.17, 15) is 0 Å². The number of nitrogens with zero attached hydrogens (tertiary/aromatic N) is 2. The van der Waals surface area contributed by atoms with Crippen molar-refractivity contribution in [2.75, 3.05) is 10.6 Å². The lowest BCUT2D eigenvalue weighted by molar-refractivity contribution is 0.333. The Hall–Kier alpha value is -1.59. The predicted molar refractivity (Wildman–Crippen MR) is 100 cm³/mol. The van der Waals surface area contributed by atoms with Crippen LogP contribution in [0.25, 0.3) is 0 Å². The zero-order valence-corrected chi connectivity index (χ0v) is 14.8. The molecule has 6 heteroatoms. The maximum absolute atomic E-state index is 6.15. The molecule has 23 heavy (non-hydrogen) atoms. The van der Waals surface area contributed by atoms with Crippen molar-refractivity contribution >= 4 is 40.4 Å². The monoisotopic (exact) mass is 348 g/mol. The molecule has 0 spiro atoms. The molecule has 0 amide bonds. The average Bonchev–Trinajstić information content (AvgIpc) is 3.00. The van der Waals surface area contributed by atoms with Gasteiger partial charge in [-0.3, -0.25) is 0 Å². The summed E-state index contributed by atoms with van der Waals surface area (Å²) in [5, 5.41) is 12.2. The third kappa shape index (κ3) is 3.85. The molecule has 0 atom stereocenters. The van der Waals surface area contributed by atoms with Crippen LogP contribution in [0.15, 0.2) is 30.5 Å². The summed E-state index contributed by atoms with van der Waals surface area (Å²) < 4.78 is 2.07. The van der Waals surface area contributed by atoms with E-state index in [0.29, 0.717) is 11.2 Å². The molecule has 1 heterocycles. The van der Waals surface area contributed by atoms with Gasteiger partial charge in [0.25, 0.3) is 0 Å². The number of nitrogens with one attached hydrogen (secondary N) is 2. The predicted octanol–water partition coefficient (Wildman–Crippen LogP) is 5.16. The summed E-state index contributed by atoms with van der Waals surface area (Å²) in [6.45, 7) is 1.97. The smallest absolute Gasteiger partial charge is 0.176 e. The van der Waals surface area contributed by atoms with Crippen LogP contribution in [0, 0.1) is 6.92 Å². The van der Waals surface area contributed by atoms with Gasteiger partial charge in [-0.25, -0.2) is 4.68 Å². The van der Waals surface area contributed by atoms with E-state index in [1.165, 1.54) is 32.1 Å². The Morgan fingerprint density at radius 3 is 2.78 bits per heavy atom. The molecule has 0 radical (unpaired) electrons. The second kappa shape index (κ2) is 7.32. The van der Waals surface area contributed by atoms with Crippen molar-refractivity contribution in [1.29, 1.82) is 0 Å². The minimum atomic E-state index is 0.469. The van der Waals surface area contributed by atoms with E-state index in [-0.39, 0.29) is 0 Å². The first-order chi connectivity index (χ1) is 11.1. The molecule has 1 fully saturated rings. The number of benzene rings is 1. The largest absolute Gasteiger partial charge is 0.332 e. The zero-order valence-electron chi connectivity index (χ0n) is 13.2. The van der Waals surface area contributed by atoms with Crippen LogP contribution in [0.3, 0.4) is 0 Å². The van der Waals surface area contributed by atoms with E-state index < -0.39 is 0 Å². The molecule has 0 saturated heterocycles. The zero-order chi connectivity index (χ0) is 16.2. The van der Waals surface area contributed by atoms with Gasteiger partial charge in [-0.05, 0) is 49.7 Å². The van der Waals surface area contributed by atoms with Crippen molar-refractivity contribution in [1.82, 2.24) is 9.78 Å². The number of aromatic nitrogens is 2. The number of rotatable bonds is 3. The Balaban J connectivity index is 1.69. The molecule has 1 aliphatic rings. The summed E-state index contributed by atoms with van der Waals surface area (Å²) in [4.78, 5) is 0. The Morgan fingerprint density at radius 1 is 1.22 bits per heavy atom. The van der Waals surface area contributed by atoms with Gasteiger partial charge in [-0.1, -0.05) is 36.9 Å². The van der Waals surface area contributed by atoms with E-state index in [4.69, 9.17) is 23.8 Å². The fraction of sp³-hybridized carbons (Fsp3) is 0.412. The van der Waals surface area contributed by atoms with Crippen LogP contribution < -0.4 is 10.6 Å². The van der Waals surface area contributed by atoms with Crippen LogP contribution in [0.1, 0.15) is 43.7 Å². The van der Waals surface area contributed by atoms with Gasteiger partial charge in [-0.15, -0.1) is 0 Å². The molecule has 1 aliphatic carbocycles. The first kappa shape index (κ1) is 16.3. The minimum absolute atomic E-state index is 0.469. The molecule has 1 aromatic heterocycles. The van der Waals surface area contributed by atoms with Gasteiger partial charge in [0.05, 0.1) is 12.2 Å². The Labute approximate surface area is 147 Å². The highest BCUT2D eigenvalue weighted by molar-refractivity contribution is 7.80. The van der Waals surface area contributed by atoms with Crippen LogP contribution in [-0.4, -0.2) is 14.9 Å². The van der Waals surface area contributed by atoms with Crippen molar-refractivity contribution in [2.45, 2.75) is 45.1 Å². The molecule has 2 N–H and O–H groups in total. The van der Waals surface area contributed by atoms with Crippen molar-refractivity contribution in [3.63, 3.8) is 0 Å². The van der Waals surface area contributed by atoms with Crippen molar-refractivity contribution in [2.24, 2.45) is 0 Å². The van der Waals surface area contributed by atoms with Crippen molar-refractivity contribution in [3.8, 4) is 0 Å². The van der Waals surface area contributed by atoms with Gasteiger partial charge < -0.3 is 10.6 Å². The summed E-state index contributed by atoms with van der Waals surface area (Å²) in [7, 11) is 0. The normalized spacial score (nSPS) is 15.4. The Bertz CT molecular complexity index is 692. The summed E-state index contributed by atoms with van der Waals surface area (Å²) in [6.07, 6.45) is 8.06. The van der Waals surface area contributed by atoms with Crippen LogP contribution in [0.4, 0.5) is 11.5 Å². The Kier molecular flexibility index (Phi) is 5.18. The van der Waals surface area contributed by atoms with E-state index in [0.717, 1.165) is 22.1 Å². The van der Waals surface area contributed by atoms with Crippen molar-refractivity contribution in [3.05, 3.63) is 41.0 Å². The van der Waals surface area contributed by atoms with E-state index >= 15 is 0 Å². The number of hydrogen-bond acceptors (Lipinski definition) is 2. The summed E-state index contributed by atoms with van der Waals surface area (Å²) in [6, 6.07) is 8.18. The minimum Gasteiger partial charge on any atom is -0.332 e. The first-order valence-corrected chi connectivity index (χ1v) is 8.80. The van der Waals surface area contributed by atoms with E-state index in [2.05, 4.69) is 20.4 Å². The summed E-state index contributed by atoms with van der Waals surface area (Å²) in [5.41, 5.74) is 1.90. The molecule has 4 nitrogen and oxygen atoms in total. The van der Waals surface area contributed by atoms with Gasteiger partial charge in [-0.2, -0.15) is 5.10 Å². The third-order valence-electron chi connectivity index (χ3n) is 4.35. The topological polar surface area (TPSA) is 41.9 Å². The molecule has 0 bridgehead atoms. The third-order valence-corrected chi connectivity index (χ3v) is 4.96. The maximum atomic E-state index is 6.15. The molecule has 1 saturated carbocycles. The molecular formula is C17H21ClN4S. The number of anilines is 2. The molecule has 122 valence electrons. The highest BCUT2D eigenvalue weighted by Crippen LogP contribution is 2.30. The quantitative estimate of drug-likeness (QED) is 0.752. The van der Waals surface area contributed by atoms with Gasteiger partial charge in [0, 0.05) is 16.8 Å². The second-order valence-corrected chi connectivity index (χ2v) is 6.76. The number of thiocarbonyl (C=S) groups is 1. The van der Waals surface area contributed by atoms with Crippen molar-refractivity contribution < 1.29 is 0 Å². The molecule has 3 rings (SSSR count). The van der Waals surface area contributed by atoms with E-state index in [1.807, 2.05) is 37.4 Å². The van der Waals surface area contributed by atoms with Crippen LogP contribution in [0.5, 0.6) is 0 Å². The van der Waals surface area contributed by atoms with E-state index in [1.54, 1.807) is 0 Å². The lowest BCUT2D eigenvalue weighted by Crippen LogP contribution is -2.24. The SMILES string of the molecule is Cc1c(Cl)cccc1NC(=S)Nc1ccnn1C1CCCCC1. The average molecular weight is 349 g/mol. The number of halogens is 1. The Morgan fingerprint density at radius 2 is 2.00 bits per heavy atom. The first-order valence-electron chi connectivity index (χ1n) is 8.02. The van der Waals surface area contributed by atoms with Crippen LogP contribution in [-0.2, 0) is 0 Å². The number of hydrogen-bond donors (Lipinski definition) is 2. The molecular weight excluding hydrogens is 328 g/mol. The molecule has 0 aliphatic heterocycles. The summed E-state index contributed by atoms with van der Waals surface area (Å²) >= 11 is 11.6. The second-order valence-electron chi connectivity index (χ2n) is 5.94. The molecule has 1 aromatic carbocycles. The van der Waals surface area contributed by atoms with Gasteiger partial charge in [0.1, 0.15) is 5.82 Å². The van der Waals surface area contributed by atoms with Gasteiger partial charge in [0.15, 0.2) is 5.11 Å². The van der Waals surface area contributed by atoms with Gasteiger partial charge in [0.2, 0.25) is 0 Å². The fourth-order valence-corrected chi connectivity index (χ4v) is 3.43. The molecule has 2 aromatic rings. The highest BCUT2D eigenvalue weighted by atomic mass is 35.5. The molecule has 0 unspecified atom stereocenters. The lowest BCUT2D eigenvalue weighted by Gasteiger charge is -2.24. The lowest BCUT2D eigenvalue weighted by atomic mass is 9.96.